The number of benzene rings is 2. The van der Waals surface area contributed by atoms with Crippen molar-refractivity contribution in [3.05, 3.63) is 75.5 Å². The van der Waals surface area contributed by atoms with E-state index in [0.717, 1.165) is 17.5 Å². The van der Waals surface area contributed by atoms with Gasteiger partial charge in [-0.15, -0.1) is 0 Å². The molecule has 0 atom stereocenters. The summed E-state index contributed by atoms with van der Waals surface area (Å²) in [6.45, 7) is 9.40. The number of nitrogens with zero attached hydrogens (tertiary/aromatic N) is 5. The van der Waals surface area contributed by atoms with Crippen LogP contribution in [0.2, 0.25) is 0 Å². The molecule has 0 aliphatic heterocycles. The lowest BCUT2D eigenvalue weighted by Gasteiger charge is -2.14. The Balaban J connectivity index is 1.98. The first-order valence-corrected chi connectivity index (χ1v) is 7.84. The zero-order valence-electron chi connectivity index (χ0n) is 14.0. The summed E-state index contributed by atoms with van der Waals surface area (Å²) in [4.78, 5) is 15.6. The Bertz CT molecular complexity index is 997. The second-order valence-corrected chi connectivity index (χ2v) is 5.46. The van der Waals surface area contributed by atoms with Crippen LogP contribution in [0.3, 0.4) is 0 Å². The van der Waals surface area contributed by atoms with Crippen LogP contribution in [0.15, 0.2) is 47.3 Å². The third-order valence-corrected chi connectivity index (χ3v) is 3.91. The molecule has 0 N–H and O–H groups in total. The Hall–Kier alpha value is -3.40. The van der Waals surface area contributed by atoms with Crippen molar-refractivity contribution in [3.8, 4) is 11.4 Å². The number of hydrogen-bond donors (Lipinski definition) is 0. The van der Waals surface area contributed by atoms with Gasteiger partial charge in [0.15, 0.2) is 5.69 Å². The van der Waals surface area contributed by atoms with Gasteiger partial charge in [0.05, 0.1) is 12.3 Å². The third-order valence-electron chi connectivity index (χ3n) is 3.91. The number of aromatic nitrogens is 4. The van der Waals surface area contributed by atoms with Gasteiger partial charge in [-0.1, -0.05) is 31.2 Å². The van der Waals surface area contributed by atoms with E-state index in [4.69, 9.17) is 11.3 Å². The number of tetrazole rings is 1. The van der Waals surface area contributed by atoms with Crippen molar-refractivity contribution in [2.45, 2.75) is 20.0 Å². The molecule has 0 bridgehead atoms. The summed E-state index contributed by atoms with van der Waals surface area (Å²) in [6, 6.07) is 12.7. The monoisotopic (exact) mass is 335 g/mol. The minimum atomic E-state index is -0.315. The molecule has 0 amide bonds. The molecule has 3 aromatic rings. The SMILES string of the molecule is [C-]#[N+]c1cccc(OCc2c(CC)cccc2-n2nnn(C)c2=O)c1. The van der Waals surface area contributed by atoms with E-state index < -0.39 is 0 Å². The van der Waals surface area contributed by atoms with Crippen molar-refractivity contribution < 1.29 is 4.74 Å². The van der Waals surface area contributed by atoms with Crippen LogP contribution in [0.25, 0.3) is 10.5 Å². The quantitative estimate of drug-likeness (QED) is 0.672. The first kappa shape index (κ1) is 16.5. The lowest BCUT2D eigenvalue weighted by Crippen LogP contribution is -2.23. The van der Waals surface area contributed by atoms with E-state index >= 15 is 0 Å². The van der Waals surface area contributed by atoms with E-state index in [1.165, 1.54) is 9.36 Å². The van der Waals surface area contributed by atoms with Crippen molar-refractivity contribution in [2.24, 2.45) is 7.05 Å². The fraction of sp³-hybridized carbons (Fsp3) is 0.222. The molecule has 0 radical (unpaired) electrons. The van der Waals surface area contributed by atoms with Crippen LogP contribution in [0.1, 0.15) is 18.1 Å². The second-order valence-electron chi connectivity index (χ2n) is 5.46. The summed E-state index contributed by atoms with van der Waals surface area (Å²) >= 11 is 0. The van der Waals surface area contributed by atoms with Gasteiger partial charge in [0.1, 0.15) is 12.4 Å². The number of hydrogen-bond acceptors (Lipinski definition) is 4. The number of ether oxygens (including phenoxy) is 1. The summed E-state index contributed by atoms with van der Waals surface area (Å²) in [5, 5.41) is 7.70. The maximum atomic E-state index is 12.2. The lowest BCUT2D eigenvalue weighted by molar-refractivity contribution is 0.304. The van der Waals surface area contributed by atoms with Crippen LogP contribution in [0, 0.1) is 6.57 Å². The van der Waals surface area contributed by atoms with Crippen molar-refractivity contribution in [2.75, 3.05) is 0 Å². The number of rotatable bonds is 5. The van der Waals surface area contributed by atoms with Gasteiger partial charge < -0.3 is 4.74 Å². The zero-order chi connectivity index (χ0) is 17.8. The fourth-order valence-corrected chi connectivity index (χ4v) is 2.58. The molecule has 0 saturated carbocycles. The zero-order valence-corrected chi connectivity index (χ0v) is 14.0. The average molecular weight is 335 g/mol. The third kappa shape index (κ3) is 3.28. The lowest BCUT2D eigenvalue weighted by atomic mass is 10.0. The minimum absolute atomic E-state index is 0.268. The summed E-state index contributed by atoms with van der Waals surface area (Å²) in [5.74, 6) is 0.608. The molecule has 2 aromatic carbocycles. The summed E-state index contributed by atoms with van der Waals surface area (Å²) in [5.41, 5.74) is 2.80. The normalized spacial score (nSPS) is 10.4. The minimum Gasteiger partial charge on any atom is -0.490 e. The van der Waals surface area contributed by atoms with Gasteiger partial charge in [-0.2, -0.15) is 9.36 Å². The highest BCUT2D eigenvalue weighted by atomic mass is 16.5. The molecule has 1 heterocycles. The van der Waals surface area contributed by atoms with Gasteiger partial charge in [-0.25, -0.2) is 9.64 Å². The van der Waals surface area contributed by atoms with Crippen molar-refractivity contribution in [1.82, 2.24) is 19.8 Å². The molecule has 0 aliphatic rings. The van der Waals surface area contributed by atoms with Crippen LogP contribution in [0.5, 0.6) is 5.75 Å². The van der Waals surface area contributed by atoms with Gasteiger partial charge in [-0.05, 0) is 40.6 Å². The molecular weight excluding hydrogens is 318 g/mol. The molecule has 0 saturated heterocycles. The highest BCUT2D eigenvalue weighted by molar-refractivity contribution is 5.49. The van der Waals surface area contributed by atoms with Crippen LogP contribution >= 0.6 is 0 Å². The highest BCUT2D eigenvalue weighted by Crippen LogP contribution is 2.24. The largest absolute Gasteiger partial charge is 0.490 e. The Labute approximate surface area is 144 Å². The molecule has 126 valence electrons. The van der Waals surface area contributed by atoms with Crippen LogP contribution in [-0.2, 0) is 20.1 Å². The smallest absolute Gasteiger partial charge is 0.368 e. The van der Waals surface area contributed by atoms with Gasteiger partial charge in [0.2, 0.25) is 0 Å². The fourth-order valence-electron chi connectivity index (χ4n) is 2.58. The Morgan fingerprint density at radius 2 is 2.00 bits per heavy atom. The molecule has 0 unspecified atom stereocenters. The standard InChI is InChI=1S/C18H17N5O2/c1-4-13-7-5-10-17(23-18(24)22(3)20-21-23)16(13)12-25-15-9-6-8-14(11-15)19-2/h5-11H,4,12H2,1,3H3. The van der Waals surface area contributed by atoms with Crippen molar-refractivity contribution in [3.63, 3.8) is 0 Å². The van der Waals surface area contributed by atoms with Crippen LogP contribution < -0.4 is 10.4 Å². The second kappa shape index (κ2) is 7.01. The molecule has 1 aromatic heterocycles. The van der Waals surface area contributed by atoms with E-state index in [1.807, 2.05) is 25.1 Å². The van der Waals surface area contributed by atoms with E-state index in [-0.39, 0.29) is 12.3 Å². The Morgan fingerprint density at radius 1 is 1.20 bits per heavy atom. The predicted molar refractivity (Wildman–Crippen MR) is 93.0 cm³/mol. The van der Waals surface area contributed by atoms with Crippen molar-refractivity contribution >= 4 is 5.69 Å². The van der Waals surface area contributed by atoms with Gasteiger partial charge in [0, 0.05) is 12.6 Å². The first-order chi connectivity index (χ1) is 12.1. The molecule has 3 rings (SSSR count). The van der Waals surface area contributed by atoms with E-state index in [0.29, 0.717) is 17.1 Å². The molecule has 0 fully saturated rings. The van der Waals surface area contributed by atoms with Crippen LogP contribution in [0.4, 0.5) is 5.69 Å². The molecule has 7 nitrogen and oxygen atoms in total. The first-order valence-electron chi connectivity index (χ1n) is 7.84. The summed E-state index contributed by atoms with van der Waals surface area (Å²) in [6.07, 6.45) is 0.795. The average Bonchev–Trinajstić information content (AvgIpc) is 2.98. The van der Waals surface area contributed by atoms with E-state index in [1.54, 1.807) is 31.3 Å². The maximum absolute atomic E-state index is 12.2. The van der Waals surface area contributed by atoms with Gasteiger partial charge in [0.25, 0.3) is 0 Å². The molecule has 0 spiro atoms. The molecular formula is C18H17N5O2. The summed E-state index contributed by atoms with van der Waals surface area (Å²) in [7, 11) is 1.56. The maximum Gasteiger partial charge on any atom is 0.368 e. The highest BCUT2D eigenvalue weighted by Gasteiger charge is 2.14. The van der Waals surface area contributed by atoms with Gasteiger partial charge in [-0.3, -0.25) is 0 Å². The van der Waals surface area contributed by atoms with Crippen molar-refractivity contribution in [1.29, 1.82) is 0 Å². The molecule has 7 heteroatoms. The Morgan fingerprint density at radius 3 is 2.68 bits per heavy atom. The van der Waals surface area contributed by atoms with E-state index in [2.05, 4.69) is 15.3 Å². The predicted octanol–water partition coefficient (Wildman–Crippen LogP) is 2.66. The molecule has 25 heavy (non-hydrogen) atoms. The number of aryl methyl sites for hydroxylation is 2. The summed E-state index contributed by atoms with van der Waals surface area (Å²) < 4.78 is 8.33. The topological polar surface area (TPSA) is 66.3 Å². The van der Waals surface area contributed by atoms with Gasteiger partial charge >= 0.3 is 5.69 Å². The van der Waals surface area contributed by atoms with E-state index in [9.17, 15) is 4.79 Å². The van der Waals surface area contributed by atoms with Crippen LogP contribution in [-0.4, -0.2) is 19.8 Å². The molecule has 0 aliphatic carbocycles. The Kier molecular flexibility index (Phi) is 4.61.